The highest BCUT2D eigenvalue weighted by molar-refractivity contribution is 6.04. The van der Waals surface area contributed by atoms with Crippen molar-refractivity contribution in [3.05, 3.63) is 53.6 Å². The summed E-state index contributed by atoms with van der Waals surface area (Å²) in [6, 6.07) is 6.79. The van der Waals surface area contributed by atoms with Crippen LogP contribution in [0.3, 0.4) is 0 Å². The average molecular weight is 327 g/mol. The van der Waals surface area contributed by atoms with Gasteiger partial charge >= 0.3 is 5.97 Å². The molecular weight excluding hydrogens is 306 g/mol. The second-order valence-corrected chi connectivity index (χ2v) is 6.44. The summed E-state index contributed by atoms with van der Waals surface area (Å²) < 4.78 is 0. The molecule has 0 aliphatic carbocycles. The zero-order valence-electron chi connectivity index (χ0n) is 14.2. The number of carboxylic acid groups (broad SMARTS) is 1. The van der Waals surface area contributed by atoms with Crippen LogP contribution in [0.1, 0.15) is 55.2 Å². The lowest BCUT2D eigenvalue weighted by atomic mass is 9.85. The molecule has 0 aliphatic rings. The van der Waals surface area contributed by atoms with E-state index in [9.17, 15) is 14.7 Å². The van der Waals surface area contributed by atoms with E-state index in [2.05, 4.69) is 15.3 Å². The van der Waals surface area contributed by atoms with Crippen molar-refractivity contribution in [3.8, 4) is 0 Å². The number of nitrogens with one attached hydrogen (secondary N) is 1. The van der Waals surface area contributed by atoms with Gasteiger partial charge in [-0.1, -0.05) is 26.0 Å². The van der Waals surface area contributed by atoms with Gasteiger partial charge in [-0.2, -0.15) is 0 Å². The van der Waals surface area contributed by atoms with E-state index in [0.29, 0.717) is 22.5 Å². The molecule has 2 rings (SSSR count). The molecule has 0 spiro atoms. The van der Waals surface area contributed by atoms with Crippen LogP contribution in [-0.4, -0.2) is 27.0 Å². The third-order valence-corrected chi connectivity index (χ3v) is 3.93. The van der Waals surface area contributed by atoms with E-state index in [1.54, 1.807) is 38.1 Å². The zero-order chi connectivity index (χ0) is 17.9. The van der Waals surface area contributed by atoms with Crippen molar-refractivity contribution in [3.63, 3.8) is 0 Å². The predicted octanol–water partition coefficient (Wildman–Crippen LogP) is 3.21. The number of carbonyl (C=O) groups excluding carboxylic acids is 1. The van der Waals surface area contributed by atoms with E-state index in [4.69, 9.17) is 0 Å². The van der Waals surface area contributed by atoms with Crippen LogP contribution in [0.5, 0.6) is 0 Å². The molecule has 2 N–H and O–H groups in total. The number of hydrogen-bond acceptors (Lipinski definition) is 4. The molecule has 0 atom stereocenters. The quantitative estimate of drug-likeness (QED) is 0.879. The molecule has 126 valence electrons. The summed E-state index contributed by atoms with van der Waals surface area (Å²) in [4.78, 5) is 31.8. The van der Waals surface area contributed by atoms with Crippen molar-refractivity contribution in [2.45, 2.75) is 39.0 Å². The van der Waals surface area contributed by atoms with Gasteiger partial charge in [0.25, 0.3) is 5.91 Å². The number of benzene rings is 1. The van der Waals surface area contributed by atoms with Crippen LogP contribution in [0.4, 0.5) is 5.69 Å². The molecule has 24 heavy (non-hydrogen) atoms. The number of anilines is 1. The van der Waals surface area contributed by atoms with Gasteiger partial charge < -0.3 is 10.4 Å². The van der Waals surface area contributed by atoms with Crippen LogP contribution in [0, 0.1) is 0 Å². The van der Waals surface area contributed by atoms with Crippen molar-refractivity contribution < 1.29 is 14.7 Å². The van der Waals surface area contributed by atoms with Crippen LogP contribution >= 0.6 is 0 Å². The predicted molar refractivity (Wildman–Crippen MR) is 91.2 cm³/mol. The summed E-state index contributed by atoms with van der Waals surface area (Å²) in [7, 11) is 0. The molecule has 0 unspecified atom stereocenters. The summed E-state index contributed by atoms with van der Waals surface area (Å²) in [5.74, 6) is -1.08. The third-order valence-electron chi connectivity index (χ3n) is 3.93. The van der Waals surface area contributed by atoms with Crippen LogP contribution in [0.2, 0.25) is 0 Å². The molecule has 0 bridgehead atoms. The molecule has 1 heterocycles. The van der Waals surface area contributed by atoms with E-state index in [-0.39, 0.29) is 11.8 Å². The number of nitrogens with zero attached hydrogens (tertiary/aromatic N) is 2. The summed E-state index contributed by atoms with van der Waals surface area (Å²) in [6.45, 7) is 7.20. The van der Waals surface area contributed by atoms with Gasteiger partial charge in [0.15, 0.2) is 0 Å². The van der Waals surface area contributed by atoms with Crippen molar-refractivity contribution in [2.75, 3.05) is 5.32 Å². The minimum Gasteiger partial charge on any atom is -0.481 e. The molecule has 1 aromatic heterocycles. The maximum absolute atomic E-state index is 12.4. The maximum Gasteiger partial charge on any atom is 0.313 e. The molecule has 0 saturated heterocycles. The SMILES string of the molecule is CC(C)c1ncncc1C(=O)Nc1ccc(C(C)(C)C(=O)O)cc1. The van der Waals surface area contributed by atoms with Crippen molar-refractivity contribution in [1.29, 1.82) is 0 Å². The Kier molecular flexibility index (Phi) is 4.97. The third kappa shape index (κ3) is 3.59. The molecule has 2 aromatic rings. The smallest absolute Gasteiger partial charge is 0.313 e. The summed E-state index contributed by atoms with van der Waals surface area (Å²) >= 11 is 0. The molecule has 1 amide bonds. The first-order chi connectivity index (χ1) is 11.2. The topological polar surface area (TPSA) is 92.2 Å². The zero-order valence-corrected chi connectivity index (χ0v) is 14.2. The fourth-order valence-electron chi connectivity index (χ4n) is 2.27. The Balaban J connectivity index is 2.21. The number of aromatic nitrogens is 2. The lowest BCUT2D eigenvalue weighted by Crippen LogP contribution is -2.28. The first kappa shape index (κ1) is 17.6. The Morgan fingerprint density at radius 1 is 1.17 bits per heavy atom. The van der Waals surface area contributed by atoms with Crippen LogP contribution < -0.4 is 5.32 Å². The standard InChI is InChI=1S/C18H21N3O3/c1-11(2)15-14(9-19-10-20-15)16(22)21-13-7-5-12(6-8-13)18(3,4)17(23)24/h5-11H,1-4H3,(H,21,22)(H,23,24). The van der Waals surface area contributed by atoms with Gasteiger partial charge in [0, 0.05) is 11.9 Å². The number of hydrogen-bond donors (Lipinski definition) is 2. The van der Waals surface area contributed by atoms with Gasteiger partial charge in [-0.15, -0.1) is 0 Å². The number of amides is 1. The second kappa shape index (κ2) is 6.78. The fraction of sp³-hybridized carbons (Fsp3) is 0.333. The van der Waals surface area contributed by atoms with Gasteiger partial charge in [-0.3, -0.25) is 9.59 Å². The Labute approximate surface area is 141 Å². The van der Waals surface area contributed by atoms with Crippen LogP contribution in [0.25, 0.3) is 0 Å². The molecule has 0 radical (unpaired) electrons. The largest absolute Gasteiger partial charge is 0.481 e. The molecule has 0 aliphatic heterocycles. The van der Waals surface area contributed by atoms with Gasteiger partial charge in [-0.25, -0.2) is 9.97 Å². The summed E-state index contributed by atoms with van der Waals surface area (Å²) in [5.41, 5.74) is 1.39. The Morgan fingerprint density at radius 3 is 2.33 bits per heavy atom. The molecule has 6 nitrogen and oxygen atoms in total. The fourth-order valence-corrected chi connectivity index (χ4v) is 2.27. The first-order valence-corrected chi connectivity index (χ1v) is 7.68. The molecular formula is C18H21N3O3. The van der Waals surface area contributed by atoms with E-state index < -0.39 is 11.4 Å². The van der Waals surface area contributed by atoms with Gasteiger partial charge in [0.05, 0.1) is 16.7 Å². The van der Waals surface area contributed by atoms with Crippen molar-refractivity contribution in [2.24, 2.45) is 0 Å². The lowest BCUT2D eigenvalue weighted by molar-refractivity contribution is -0.142. The van der Waals surface area contributed by atoms with Gasteiger partial charge in [0.1, 0.15) is 6.33 Å². The highest BCUT2D eigenvalue weighted by atomic mass is 16.4. The normalized spacial score (nSPS) is 11.4. The molecule has 6 heteroatoms. The number of carbonyl (C=O) groups is 2. The Hall–Kier alpha value is -2.76. The maximum atomic E-state index is 12.4. The Bertz CT molecular complexity index is 752. The van der Waals surface area contributed by atoms with Gasteiger partial charge in [-0.05, 0) is 37.5 Å². The summed E-state index contributed by atoms with van der Waals surface area (Å²) in [5, 5.41) is 12.1. The van der Waals surface area contributed by atoms with E-state index >= 15 is 0 Å². The highest BCUT2D eigenvalue weighted by Crippen LogP contribution is 2.25. The van der Waals surface area contributed by atoms with Crippen LogP contribution in [0.15, 0.2) is 36.8 Å². The molecule has 0 fully saturated rings. The number of rotatable bonds is 5. The highest BCUT2D eigenvalue weighted by Gasteiger charge is 2.29. The summed E-state index contributed by atoms with van der Waals surface area (Å²) in [6.07, 6.45) is 2.93. The van der Waals surface area contributed by atoms with E-state index in [1.165, 1.54) is 12.5 Å². The Morgan fingerprint density at radius 2 is 1.79 bits per heavy atom. The molecule has 0 saturated carbocycles. The number of carboxylic acids is 1. The van der Waals surface area contributed by atoms with E-state index in [0.717, 1.165) is 0 Å². The minimum atomic E-state index is -0.985. The van der Waals surface area contributed by atoms with Gasteiger partial charge in [0.2, 0.25) is 0 Å². The minimum absolute atomic E-state index is 0.104. The monoisotopic (exact) mass is 327 g/mol. The first-order valence-electron chi connectivity index (χ1n) is 7.68. The van der Waals surface area contributed by atoms with E-state index in [1.807, 2.05) is 13.8 Å². The lowest BCUT2D eigenvalue weighted by Gasteiger charge is -2.20. The number of aliphatic carboxylic acids is 1. The van der Waals surface area contributed by atoms with Crippen molar-refractivity contribution >= 4 is 17.6 Å². The van der Waals surface area contributed by atoms with Crippen LogP contribution in [-0.2, 0) is 10.2 Å². The average Bonchev–Trinajstić information content (AvgIpc) is 2.55. The van der Waals surface area contributed by atoms with Crippen molar-refractivity contribution in [1.82, 2.24) is 9.97 Å². The molecule has 1 aromatic carbocycles. The second-order valence-electron chi connectivity index (χ2n) is 6.44.